The highest BCUT2D eigenvalue weighted by molar-refractivity contribution is 6.02. The molecule has 29 heavy (non-hydrogen) atoms. The van der Waals surface area contributed by atoms with Crippen LogP contribution in [0.25, 0.3) is 5.52 Å². The molecular formula is C21H24N4O4. The molecule has 0 unspecified atom stereocenters. The van der Waals surface area contributed by atoms with E-state index in [9.17, 15) is 9.59 Å². The first-order valence-electron chi connectivity index (χ1n) is 9.30. The van der Waals surface area contributed by atoms with Crippen LogP contribution >= 0.6 is 0 Å². The Morgan fingerprint density at radius 3 is 2.55 bits per heavy atom. The van der Waals surface area contributed by atoms with E-state index >= 15 is 0 Å². The van der Waals surface area contributed by atoms with Crippen LogP contribution in [0, 0.1) is 0 Å². The number of methoxy groups -OCH3 is 2. The number of para-hydroxylation sites is 1. The van der Waals surface area contributed by atoms with Crippen LogP contribution in [0.3, 0.4) is 0 Å². The van der Waals surface area contributed by atoms with Crippen molar-refractivity contribution >= 4 is 17.3 Å². The summed E-state index contributed by atoms with van der Waals surface area (Å²) in [6.07, 6.45) is 2.32. The maximum absolute atomic E-state index is 12.7. The van der Waals surface area contributed by atoms with Gasteiger partial charge in [0.2, 0.25) is 5.82 Å². The summed E-state index contributed by atoms with van der Waals surface area (Å²) in [6, 6.07) is 13.0. The zero-order valence-corrected chi connectivity index (χ0v) is 16.5. The van der Waals surface area contributed by atoms with E-state index in [0.29, 0.717) is 31.6 Å². The largest absolute Gasteiger partial charge is 0.496 e. The number of nitrogens with one attached hydrogen (secondary N) is 2. The molecule has 3 rings (SSSR count). The summed E-state index contributed by atoms with van der Waals surface area (Å²) in [6.45, 7) is 1.17. The summed E-state index contributed by atoms with van der Waals surface area (Å²) in [5.74, 6) is 0.242. The molecular weight excluding hydrogens is 372 g/mol. The van der Waals surface area contributed by atoms with E-state index in [1.165, 1.54) is 0 Å². The van der Waals surface area contributed by atoms with Gasteiger partial charge in [0, 0.05) is 26.4 Å². The van der Waals surface area contributed by atoms with E-state index in [-0.39, 0.29) is 23.3 Å². The van der Waals surface area contributed by atoms with Gasteiger partial charge in [-0.05, 0) is 30.2 Å². The van der Waals surface area contributed by atoms with Gasteiger partial charge >= 0.3 is 0 Å². The number of hydrogen-bond acceptors (Lipinski definition) is 5. The molecule has 0 radical (unpaired) electrons. The molecule has 0 spiro atoms. The van der Waals surface area contributed by atoms with Crippen molar-refractivity contribution < 1.29 is 19.1 Å². The molecule has 8 nitrogen and oxygen atoms in total. The lowest BCUT2D eigenvalue weighted by molar-refractivity contribution is 0.0926. The molecule has 2 heterocycles. The minimum absolute atomic E-state index is 0.159. The number of aromatic nitrogens is 2. The number of benzene rings is 1. The molecule has 0 saturated heterocycles. The summed E-state index contributed by atoms with van der Waals surface area (Å²) in [7, 11) is 3.18. The van der Waals surface area contributed by atoms with Crippen LogP contribution in [0.1, 0.15) is 26.7 Å². The molecule has 3 aromatic rings. The minimum Gasteiger partial charge on any atom is -0.496 e. The topological polar surface area (TPSA) is 94.0 Å². The van der Waals surface area contributed by atoms with Crippen LogP contribution in [0.4, 0.5) is 0 Å². The lowest BCUT2D eigenvalue weighted by atomic mass is 10.1. The molecule has 2 amide bonds. The van der Waals surface area contributed by atoms with Gasteiger partial charge in [0.15, 0.2) is 5.69 Å². The highest BCUT2D eigenvalue weighted by atomic mass is 16.5. The van der Waals surface area contributed by atoms with Gasteiger partial charge in [-0.2, -0.15) is 0 Å². The van der Waals surface area contributed by atoms with E-state index in [0.717, 1.165) is 11.3 Å². The van der Waals surface area contributed by atoms with E-state index < -0.39 is 0 Å². The number of hydrogen-bond donors (Lipinski definition) is 2. The molecule has 0 aliphatic rings. The summed E-state index contributed by atoms with van der Waals surface area (Å²) < 4.78 is 11.9. The van der Waals surface area contributed by atoms with Gasteiger partial charge in [-0.3, -0.25) is 14.0 Å². The fourth-order valence-corrected chi connectivity index (χ4v) is 3.01. The van der Waals surface area contributed by atoms with Crippen molar-refractivity contribution in [3.63, 3.8) is 0 Å². The Kier molecular flexibility index (Phi) is 6.80. The Hall–Kier alpha value is -3.39. The van der Waals surface area contributed by atoms with E-state index in [2.05, 4.69) is 15.6 Å². The van der Waals surface area contributed by atoms with Gasteiger partial charge in [-0.15, -0.1) is 0 Å². The average molecular weight is 396 g/mol. The lowest BCUT2D eigenvalue weighted by Crippen LogP contribution is -2.29. The number of nitrogens with zero attached hydrogens (tertiary/aromatic N) is 2. The number of rotatable bonds is 9. The smallest absolute Gasteiger partial charge is 0.287 e. The minimum atomic E-state index is -0.365. The fourth-order valence-electron chi connectivity index (χ4n) is 3.01. The Labute approximate surface area is 168 Å². The van der Waals surface area contributed by atoms with Crippen molar-refractivity contribution in [2.24, 2.45) is 0 Å². The monoisotopic (exact) mass is 396 g/mol. The summed E-state index contributed by atoms with van der Waals surface area (Å²) in [5, 5.41) is 5.60. The van der Waals surface area contributed by atoms with Gasteiger partial charge in [0.05, 0.1) is 19.2 Å². The standard InChI is InChI=1S/C21H24N4O4/c1-28-14-12-23-21(27)19-24-18(16-8-5-6-13-25(16)19)20(26)22-11-10-15-7-3-4-9-17(15)29-2/h3-9,13H,10-12,14H2,1-2H3,(H,22,26)(H,23,27). The van der Waals surface area contributed by atoms with Gasteiger partial charge in [-0.25, -0.2) is 4.98 Å². The predicted octanol–water partition coefficient (Wildman–Crippen LogP) is 1.69. The number of carbonyl (C=O) groups is 2. The maximum atomic E-state index is 12.7. The first kappa shape index (κ1) is 20.3. The van der Waals surface area contributed by atoms with Crippen LogP contribution in [0.15, 0.2) is 48.7 Å². The second-order valence-corrected chi connectivity index (χ2v) is 6.31. The molecule has 2 N–H and O–H groups in total. The van der Waals surface area contributed by atoms with Crippen molar-refractivity contribution in [1.29, 1.82) is 0 Å². The van der Waals surface area contributed by atoms with Crippen LogP contribution in [0.2, 0.25) is 0 Å². The number of fused-ring (bicyclic) bond motifs is 1. The normalized spacial score (nSPS) is 10.7. The Bertz CT molecular complexity index is 999. The fraction of sp³-hybridized carbons (Fsp3) is 0.286. The number of imidazole rings is 1. The van der Waals surface area contributed by atoms with Crippen molar-refractivity contribution in [2.75, 3.05) is 33.9 Å². The second kappa shape index (κ2) is 9.70. The quantitative estimate of drug-likeness (QED) is 0.537. The van der Waals surface area contributed by atoms with Crippen LogP contribution in [-0.2, 0) is 11.2 Å². The molecule has 0 saturated carbocycles. The molecule has 0 aliphatic heterocycles. The van der Waals surface area contributed by atoms with Crippen LogP contribution in [0.5, 0.6) is 5.75 Å². The number of ether oxygens (including phenoxy) is 2. The zero-order chi connectivity index (χ0) is 20.6. The molecule has 8 heteroatoms. The Balaban J connectivity index is 1.73. The third-order valence-corrected chi connectivity index (χ3v) is 4.43. The molecule has 0 atom stereocenters. The third kappa shape index (κ3) is 4.72. The Morgan fingerprint density at radius 2 is 1.76 bits per heavy atom. The van der Waals surface area contributed by atoms with Gasteiger partial charge in [0.25, 0.3) is 11.8 Å². The predicted molar refractivity (Wildman–Crippen MR) is 108 cm³/mol. The second-order valence-electron chi connectivity index (χ2n) is 6.31. The number of pyridine rings is 1. The summed E-state index contributed by atoms with van der Waals surface area (Å²) >= 11 is 0. The zero-order valence-electron chi connectivity index (χ0n) is 16.5. The molecule has 0 aliphatic carbocycles. The lowest BCUT2D eigenvalue weighted by Gasteiger charge is -2.08. The first-order valence-corrected chi connectivity index (χ1v) is 9.30. The van der Waals surface area contributed by atoms with Crippen molar-refractivity contribution in [3.05, 3.63) is 65.7 Å². The summed E-state index contributed by atoms with van der Waals surface area (Å²) in [5.41, 5.74) is 1.78. The number of amides is 2. The van der Waals surface area contributed by atoms with Gasteiger partial charge in [0.1, 0.15) is 5.75 Å². The van der Waals surface area contributed by atoms with Crippen molar-refractivity contribution in [3.8, 4) is 5.75 Å². The van der Waals surface area contributed by atoms with Crippen LogP contribution in [-0.4, -0.2) is 55.1 Å². The molecule has 1 aromatic carbocycles. The first-order chi connectivity index (χ1) is 14.2. The van der Waals surface area contributed by atoms with Gasteiger partial charge < -0.3 is 20.1 Å². The maximum Gasteiger partial charge on any atom is 0.287 e. The highest BCUT2D eigenvalue weighted by Gasteiger charge is 2.21. The molecule has 0 bridgehead atoms. The molecule has 2 aromatic heterocycles. The number of carbonyl (C=O) groups excluding carboxylic acids is 2. The third-order valence-electron chi connectivity index (χ3n) is 4.43. The van der Waals surface area contributed by atoms with E-state index in [1.807, 2.05) is 24.3 Å². The molecule has 0 fully saturated rings. The molecule has 152 valence electrons. The van der Waals surface area contributed by atoms with Crippen LogP contribution < -0.4 is 15.4 Å². The van der Waals surface area contributed by atoms with Crippen molar-refractivity contribution in [2.45, 2.75) is 6.42 Å². The summed E-state index contributed by atoms with van der Waals surface area (Å²) in [4.78, 5) is 29.5. The average Bonchev–Trinajstić information content (AvgIpc) is 3.14. The van der Waals surface area contributed by atoms with Gasteiger partial charge in [-0.1, -0.05) is 24.3 Å². The Morgan fingerprint density at radius 1 is 1.00 bits per heavy atom. The van der Waals surface area contributed by atoms with E-state index in [4.69, 9.17) is 9.47 Å². The SMILES string of the molecule is COCCNC(=O)c1nc(C(=O)NCCc2ccccc2OC)c2ccccn12. The van der Waals surface area contributed by atoms with E-state index in [1.54, 1.807) is 43.0 Å². The highest BCUT2D eigenvalue weighted by Crippen LogP contribution is 2.17. The van der Waals surface area contributed by atoms with Crippen molar-refractivity contribution in [1.82, 2.24) is 20.0 Å².